The number of carbonyl (C=O) groups excluding carboxylic acids is 1. The van der Waals surface area contributed by atoms with Crippen molar-refractivity contribution in [2.24, 2.45) is 0 Å². The number of nitrogens with zero attached hydrogens (tertiary/aromatic N) is 2. The van der Waals surface area contributed by atoms with E-state index in [0.29, 0.717) is 22.0 Å². The van der Waals surface area contributed by atoms with E-state index in [9.17, 15) is 26.8 Å². The molecule has 170 valence electrons. The molecule has 7 nitrogen and oxygen atoms in total. The Balaban J connectivity index is 1.92. The number of aromatic nitrogens is 2. The van der Waals surface area contributed by atoms with E-state index in [-0.39, 0.29) is 24.1 Å². The first kappa shape index (κ1) is 23.5. The van der Waals surface area contributed by atoms with E-state index in [4.69, 9.17) is 0 Å². The van der Waals surface area contributed by atoms with Gasteiger partial charge >= 0.3 is 0 Å². The Kier molecular flexibility index (Phi) is 6.45. The van der Waals surface area contributed by atoms with E-state index in [0.717, 1.165) is 6.26 Å². The fourth-order valence-corrected chi connectivity index (χ4v) is 4.28. The SMILES string of the molecule is CNC(=O)[C@@](C)(CCn1cnc2cc(-c3ccc(C(F)F)cc3)ccc2c1=O)S(C)(=O)=O. The van der Waals surface area contributed by atoms with Crippen molar-refractivity contribution in [3.8, 4) is 11.1 Å². The normalized spacial score (nSPS) is 13.8. The number of amides is 1. The molecule has 0 aliphatic heterocycles. The number of carbonyl (C=O) groups is 1. The topological polar surface area (TPSA) is 98.1 Å². The molecule has 10 heteroatoms. The van der Waals surface area contributed by atoms with Crippen LogP contribution in [0.25, 0.3) is 22.0 Å². The van der Waals surface area contributed by atoms with E-state index in [1.807, 2.05) is 0 Å². The molecule has 0 radical (unpaired) electrons. The Hall–Kier alpha value is -3.14. The third-order valence-electron chi connectivity index (χ3n) is 5.68. The number of nitrogens with one attached hydrogen (secondary N) is 1. The molecule has 0 unspecified atom stereocenters. The minimum Gasteiger partial charge on any atom is -0.358 e. The van der Waals surface area contributed by atoms with Crippen molar-refractivity contribution in [1.29, 1.82) is 0 Å². The molecule has 0 bridgehead atoms. The zero-order valence-electron chi connectivity index (χ0n) is 17.8. The van der Waals surface area contributed by atoms with Crippen molar-refractivity contribution in [3.63, 3.8) is 0 Å². The Labute approximate surface area is 184 Å². The molecule has 1 aromatic heterocycles. The summed E-state index contributed by atoms with van der Waals surface area (Å²) in [6.45, 7) is 1.31. The molecular formula is C22H23F2N3O4S. The summed E-state index contributed by atoms with van der Waals surface area (Å²) in [6.07, 6.45) is -0.360. The zero-order chi connectivity index (χ0) is 23.7. The number of benzene rings is 2. The van der Waals surface area contributed by atoms with Gasteiger partial charge in [0.2, 0.25) is 5.91 Å². The van der Waals surface area contributed by atoms with Gasteiger partial charge in [0.15, 0.2) is 9.84 Å². The third-order valence-corrected chi connectivity index (χ3v) is 7.70. The summed E-state index contributed by atoms with van der Waals surface area (Å²) in [4.78, 5) is 29.4. The average Bonchev–Trinajstić information content (AvgIpc) is 2.76. The molecule has 0 spiro atoms. The van der Waals surface area contributed by atoms with Crippen LogP contribution in [0.15, 0.2) is 53.6 Å². The Bertz CT molecular complexity index is 1320. The molecule has 1 amide bonds. The van der Waals surface area contributed by atoms with Crippen LogP contribution in [0.5, 0.6) is 0 Å². The maximum Gasteiger partial charge on any atom is 0.263 e. The molecule has 0 saturated heterocycles. The number of halogens is 2. The van der Waals surface area contributed by atoms with Gasteiger partial charge in [0.25, 0.3) is 12.0 Å². The maximum absolute atomic E-state index is 12.9. The largest absolute Gasteiger partial charge is 0.358 e. The highest BCUT2D eigenvalue weighted by atomic mass is 32.2. The smallest absolute Gasteiger partial charge is 0.263 e. The Morgan fingerprint density at radius 2 is 1.78 bits per heavy atom. The minimum absolute atomic E-state index is 0.0182. The van der Waals surface area contributed by atoms with Crippen molar-refractivity contribution in [2.75, 3.05) is 13.3 Å². The second-order valence-corrected chi connectivity index (χ2v) is 10.2. The highest BCUT2D eigenvalue weighted by molar-refractivity contribution is 7.92. The summed E-state index contributed by atoms with van der Waals surface area (Å²) in [6, 6.07) is 10.8. The van der Waals surface area contributed by atoms with Crippen LogP contribution >= 0.6 is 0 Å². The van der Waals surface area contributed by atoms with Gasteiger partial charge in [-0.15, -0.1) is 0 Å². The van der Waals surface area contributed by atoms with Gasteiger partial charge in [-0.1, -0.05) is 30.3 Å². The third kappa shape index (κ3) is 4.40. The molecule has 0 aliphatic carbocycles. The molecule has 1 heterocycles. The van der Waals surface area contributed by atoms with Crippen LogP contribution < -0.4 is 10.9 Å². The molecule has 1 N–H and O–H groups in total. The fourth-order valence-electron chi connectivity index (χ4n) is 3.38. The van der Waals surface area contributed by atoms with E-state index in [1.165, 1.54) is 37.0 Å². The van der Waals surface area contributed by atoms with Gasteiger partial charge in [0, 0.05) is 25.4 Å². The summed E-state index contributed by atoms with van der Waals surface area (Å²) >= 11 is 0. The number of alkyl halides is 2. The molecular weight excluding hydrogens is 440 g/mol. The maximum atomic E-state index is 12.9. The Morgan fingerprint density at radius 1 is 1.16 bits per heavy atom. The lowest BCUT2D eigenvalue weighted by Gasteiger charge is -2.25. The van der Waals surface area contributed by atoms with Crippen LogP contribution in [0, 0.1) is 0 Å². The van der Waals surface area contributed by atoms with Gasteiger partial charge in [0.05, 0.1) is 17.2 Å². The lowest BCUT2D eigenvalue weighted by molar-refractivity contribution is -0.123. The molecule has 2 aromatic carbocycles. The van der Waals surface area contributed by atoms with Crippen LogP contribution in [0.4, 0.5) is 8.78 Å². The number of sulfone groups is 1. The summed E-state index contributed by atoms with van der Waals surface area (Å²) in [5, 5.41) is 2.68. The number of rotatable bonds is 7. The molecule has 0 fully saturated rings. The second-order valence-electron chi connectivity index (χ2n) is 7.73. The number of hydrogen-bond acceptors (Lipinski definition) is 5. The standard InChI is InChI=1S/C22H23F2N3O4S/c1-22(21(29)25-2,32(3,30)31)10-11-27-13-26-18-12-16(8-9-17(18)20(27)28)14-4-6-15(7-5-14)19(23)24/h4-9,12-13,19H,10-11H2,1-3H3,(H,25,29)/t22-/m1/s1. The molecule has 0 aliphatic rings. The van der Waals surface area contributed by atoms with Crippen LogP contribution in [-0.2, 0) is 21.2 Å². The lowest BCUT2D eigenvalue weighted by Crippen LogP contribution is -2.49. The molecule has 3 aromatic rings. The predicted octanol–water partition coefficient (Wildman–Crippen LogP) is 2.94. The lowest BCUT2D eigenvalue weighted by atomic mass is 10.0. The molecule has 0 saturated carbocycles. The van der Waals surface area contributed by atoms with Crippen molar-refractivity contribution < 1.29 is 22.0 Å². The fraction of sp³-hybridized carbons (Fsp3) is 0.318. The van der Waals surface area contributed by atoms with Gasteiger partial charge in [-0.3, -0.25) is 14.2 Å². The van der Waals surface area contributed by atoms with Crippen LogP contribution in [-0.4, -0.2) is 41.9 Å². The summed E-state index contributed by atoms with van der Waals surface area (Å²) < 4.78 is 49.5. The minimum atomic E-state index is -3.74. The van der Waals surface area contributed by atoms with E-state index in [2.05, 4.69) is 10.3 Å². The van der Waals surface area contributed by atoms with E-state index in [1.54, 1.807) is 30.3 Å². The van der Waals surface area contributed by atoms with Gasteiger partial charge in [-0.05, 0) is 36.6 Å². The first-order valence-electron chi connectivity index (χ1n) is 9.77. The summed E-state index contributed by atoms with van der Waals surface area (Å²) in [5.74, 6) is -0.649. The van der Waals surface area contributed by atoms with E-state index < -0.39 is 26.9 Å². The zero-order valence-corrected chi connectivity index (χ0v) is 18.6. The molecule has 32 heavy (non-hydrogen) atoms. The summed E-state index contributed by atoms with van der Waals surface area (Å²) in [5.41, 5.74) is 1.39. The van der Waals surface area contributed by atoms with Crippen LogP contribution in [0.1, 0.15) is 25.3 Å². The number of fused-ring (bicyclic) bond motifs is 1. The monoisotopic (exact) mass is 463 g/mol. The first-order chi connectivity index (χ1) is 15.0. The molecule has 1 atom stereocenters. The van der Waals surface area contributed by atoms with Crippen molar-refractivity contribution >= 4 is 26.6 Å². The number of aryl methyl sites for hydroxylation is 1. The van der Waals surface area contributed by atoms with Crippen molar-refractivity contribution in [1.82, 2.24) is 14.9 Å². The first-order valence-corrected chi connectivity index (χ1v) is 11.7. The van der Waals surface area contributed by atoms with Crippen molar-refractivity contribution in [3.05, 3.63) is 64.7 Å². The number of hydrogen-bond donors (Lipinski definition) is 1. The van der Waals surface area contributed by atoms with Gasteiger partial charge in [-0.25, -0.2) is 22.2 Å². The molecule has 3 rings (SSSR count). The van der Waals surface area contributed by atoms with Crippen LogP contribution in [0.2, 0.25) is 0 Å². The Morgan fingerprint density at radius 3 is 2.34 bits per heavy atom. The quantitative estimate of drug-likeness (QED) is 0.581. The van der Waals surface area contributed by atoms with E-state index >= 15 is 0 Å². The second kappa shape index (κ2) is 8.78. The van der Waals surface area contributed by atoms with Gasteiger partial charge in [-0.2, -0.15) is 0 Å². The highest BCUT2D eigenvalue weighted by Crippen LogP contribution is 2.26. The average molecular weight is 464 g/mol. The van der Waals surface area contributed by atoms with Crippen LogP contribution in [0.3, 0.4) is 0 Å². The summed E-state index contributed by atoms with van der Waals surface area (Å²) in [7, 11) is -2.39. The van der Waals surface area contributed by atoms with Crippen molar-refractivity contribution in [2.45, 2.75) is 31.1 Å². The van der Waals surface area contributed by atoms with Gasteiger partial charge < -0.3 is 5.32 Å². The van der Waals surface area contributed by atoms with Gasteiger partial charge in [0.1, 0.15) is 4.75 Å². The predicted molar refractivity (Wildman–Crippen MR) is 118 cm³/mol. The highest BCUT2D eigenvalue weighted by Gasteiger charge is 2.42.